The second kappa shape index (κ2) is 10.8. The lowest BCUT2D eigenvalue weighted by Crippen LogP contribution is -2.29. The Bertz CT molecular complexity index is 1110. The van der Waals surface area contributed by atoms with Crippen LogP contribution in [0, 0.1) is 0 Å². The second-order valence-electron chi connectivity index (χ2n) is 7.76. The smallest absolute Gasteiger partial charge is 0.163 e. The molecule has 0 unspecified atom stereocenters. The fraction of sp³-hybridized carbons (Fsp3) is 0.333. The van der Waals surface area contributed by atoms with Crippen LogP contribution in [-0.2, 0) is 14.6 Å². The minimum absolute atomic E-state index is 0.0927. The zero-order valence-corrected chi connectivity index (χ0v) is 20.1. The van der Waals surface area contributed by atoms with E-state index in [0.29, 0.717) is 23.1 Å². The summed E-state index contributed by atoms with van der Waals surface area (Å²) in [6, 6.07) is 14.8. The van der Waals surface area contributed by atoms with Crippen molar-refractivity contribution in [1.82, 2.24) is 0 Å². The van der Waals surface area contributed by atoms with Crippen LogP contribution in [0.4, 0.5) is 0 Å². The number of hydrogen-bond acceptors (Lipinski definition) is 6. The monoisotopic (exact) mass is 522 g/mol. The summed E-state index contributed by atoms with van der Waals surface area (Å²) in [6.45, 7) is -0.481. The van der Waals surface area contributed by atoms with E-state index in [1.165, 1.54) is 7.11 Å². The maximum atomic E-state index is 12.5. The van der Waals surface area contributed by atoms with E-state index < -0.39 is 27.8 Å². The third-order valence-corrected chi connectivity index (χ3v) is 8.07. The normalized spacial score (nSPS) is 19.4. The van der Waals surface area contributed by atoms with Crippen molar-refractivity contribution in [3.8, 4) is 5.75 Å². The summed E-state index contributed by atoms with van der Waals surface area (Å²) in [5.74, 6) is -0.0827. The van der Waals surface area contributed by atoms with Gasteiger partial charge in [-0.15, -0.1) is 0 Å². The molecule has 0 saturated heterocycles. The van der Waals surface area contributed by atoms with Crippen LogP contribution in [-0.4, -0.2) is 61.2 Å². The van der Waals surface area contributed by atoms with Crippen molar-refractivity contribution in [2.45, 2.75) is 24.2 Å². The van der Waals surface area contributed by atoms with Crippen molar-refractivity contribution in [2.75, 3.05) is 26.1 Å². The largest absolute Gasteiger partial charge is 0.507 e. The Kier molecular flexibility index (Phi) is 8.30. The van der Waals surface area contributed by atoms with Gasteiger partial charge in [-0.05, 0) is 59.4 Å². The van der Waals surface area contributed by atoms with Crippen molar-refractivity contribution in [2.24, 2.45) is 0 Å². The third kappa shape index (κ3) is 5.68. The van der Waals surface area contributed by atoms with Crippen LogP contribution >= 0.6 is 15.9 Å². The zero-order chi connectivity index (χ0) is 23.3. The highest BCUT2D eigenvalue weighted by atomic mass is 79.9. The molecule has 3 N–H and O–H groups in total. The Morgan fingerprint density at radius 3 is 2.62 bits per heavy atom. The van der Waals surface area contributed by atoms with Crippen molar-refractivity contribution >= 4 is 37.4 Å². The molecule has 1 heterocycles. The molecule has 32 heavy (non-hydrogen) atoms. The third-order valence-electron chi connectivity index (χ3n) is 5.56. The molecule has 0 spiro atoms. The van der Waals surface area contributed by atoms with Gasteiger partial charge in [-0.3, -0.25) is 0 Å². The Morgan fingerprint density at radius 1 is 1.25 bits per heavy atom. The molecule has 2 aromatic rings. The minimum Gasteiger partial charge on any atom is -0.507 e. The summed E-state index contributed by atoms with van der Waals surface area (Å²) in [7, 11) is -2.10. The van der Waals surface area contributed by atoms with E-state index in [4.69, 9.17) is 4.74 Å². The van der Waals surface area contributed by atoms with E-state index in [1.54, 1.807) is 18.2 Å². The highest BCUT2D eigenvalue weighted by Gasteiger charge is 2.41. The topological polar surface area (TPSA) is 104 Å². The Balaban J connectivity index is 1.91. The predicted molar refractivity (Wildman–Crippen MR) is 129 cm³/mol. The number of benzene rings is 2. The van der Waals surface area contributed by atoms with E-state index in [0.717, 1.165) is 15.6 Å². The number of aromatic hydroxyl groups is 1. The molecular weight excluding hydrogens is 496 g/mol. The Morgan fingerprint density at radius 2 is 1.97 bits per heavy atom. The molecule has 0 aromatic heterocycles. The predicted octanol–water partition coefficient (Wildman–Crippen LogP) is 3.57. The summed E-state index contributed by atoms with van der Waals surface area (Å²) in [6.07, 6.45) is 1.50. The summed E-state index contributed by atoms with van der Waals surface area (Å²) in [5, 5.41) is 29.8. The van der Waals surface area contributed by atoms with E-state index in [9.17, 15) is 23.7 Å². The number of phenolic OH excluding ortho intramolecular Hbond substituents is 1. The molecule has 0 saturated carbocycles. The first-order chi connectivity index (χ1) is 15.3. The molecule has 2 aromatic carbocycles. The molecule has 1 aliphatic heterocycles. The van der Waals surface area contributed by atoms with Gasteiger partial charge in [0.05, 0.1) is 25.1 Å². The number of phenols is 1. The van der Waals surface area contributed by atoms with Crippen LogP contribution in [0.15, 0.2) is 64.1 Å². The number of allylic oxidation sites excluding steroid dienone is 1. The number of rotatable bonds is 9. The molecule has 6 nitrogen and oxygen atoms in total. The van der Waals surface area contributed by atoms with Gasteiger partial charge in [0.15, 0.2) is 9.84 Å². The van der Waals surface area contributed by atoms with Crippen LogP contribution in [0.1, 0.15) is 24.0 Å². The van der Waals surface area contributed by atoms with Gasteiger partial charge < -0.3 is 20.1 Å². The SMILES string of the molecule is COCC1=C([C@H](O)CC/C(=C/c2cc(Br)ccc2O)c2ccccc2)[C@H](CO)S(=O)(=O)C1. The fourth-order valence-electron chi connectivity index (χ4n) is 4.04. The first-order valence-electron chi connectivity index (χ1n) is 10.2. The highest BCUT2D eigenvalue weighted by Crippen LogP contribution is 2.34. The molecule has 3 rings (SSSR count). The van der Waals surface area contributed by atoms with Crippen molar-refractivity contribution < 1.29 is 28.5 Å². The van der Waals surface area contributed by atoms with Gasteiger partial charge in [0, 0.05) is 17.1 Å². The van der Waals surface area contributed by atoms with Gasteiger partial charge >= 0.3 is 0 Å². The molecule has 1 aliphatic rings. The number of sulfone groups is 1. The van der Waals surface area contributed by atoms with Gasteiger partial charge in [-0.1, -0.05) is 46.3 Å². The fourth-order valence-corrected chi connectivity index (χ4v) is 6.29. The summed E-state index contributed by atoms with van der Waals surface area (Å²) in [5.41, 5.74) is 3.29. The molecule has 0 radical (unpaired) electrons. The molecule has 0 fully saturated rings. The Labute approximate surface area is 196 Å². The van der Waals surface area contributed by atoms with Gasteiger partial charge in [-0.25, -0.2) is 8.42 Å². The van der Waals surface area contributed by atoms with Gasteiger partial charge in [0.25, 0.3) is 0 Å². The summed E-state index contributed by atoms with van der Waals surface area (Å²) < 4.78 is 30.9. The molecule has 172 valence electrons. The van der Waals surface area contributed by atoms with Crippen molar-refractivity contribution in [3.05, 3.63) is 75.3 Å². The highest BCUT2D eigenvalue weighted by molar-refractivity contribution is 9.10. The first-order valence-corrected chi connectivity index (χ1v) is 12.7. The van der Waals surface area contributed by atoms with E-state index in [-0.39, 0.29) is 24.5 Å². The minimum atomic E-state index is -3.57. The standard InChI is InChI=1S/C24H27BrO6S/c1-31-14-19-15-32(29,30)23(13-26)24(19)22(28)9-7-17(16-5-3-2-4-6-16)11-18-12-20(25)8-10-21(18)27/h2-6,8,10-12,22-23,26-28H,7,9,13-15H2,1H3/b17-11-/t22-,23+/m1/s1. The quantitative estimate of drug-likeness (QED) is 0.343. The van der Waals surface area contributed by atoms with Crippen LogP contribution in [0.5, 0.6) is 5.75 Å². The zero-order valence-electron chi connectivity index (χ0n) is 17.7. The molecular formula is C24H27BrO6S. The molecule has 0 amide bonds. The van der Waals surface area contributed by atoms with E-state index in [1.807, 2.05) is 36.4 Å². The number of hydrogen-bond donors (Lipinski definition) is 3. The average Bonchev–Trinajstić information content (AvgIpc) is 3.03. The van der Waals surface area contributed by atoms with Crippen LogP contribution in [0.3, 0.4) is 0 Å². The van der Waals surface area contributed by atoms with Crippen LogP contribution < -0.4 is 0 Å². The molecule has 0 aliphatic carbocycles. The van der Waals surface area contributed by atoms with E-state index >= 15 is 0 Å². The number of aliphatic hydroxyl groups is 2. The second-order valence-corrected chi connectivity index (χ2v) is 10.9. The van der Waals surface area contributed by atoms with Gasteiger partial charge in [0.2, 0.25) is 0 Å². The van der Waals surface area contributed by atoms with Crippen LogP contribution in [0.25, 0.3) is 11.6 Å². The number of halogens is 1. The number of ether oxygens (including phenoxy) is 1. The summed E-state index contributed by atoms with van der Waals surface area (Å²) >= 11 is 3.42. The van der Waals surface area contributed by atoms with Crippen molar-refractivity contribution in [1.29, 1.82) is 0 Å². The van der Waals surface area contributed by atoms with Gasteiger partial charge in [0.1, 0.15) is 11.0 Å². The van der Waals surface area contributed by atoms with Crippen molar-refractivity contribution in [3.63, 3.8) is 0 Å². The van der Waals surface area contributed by atoms with Gasteiger partial charge in [-0.2, -0.15) is 0 Å². The van der Waals surface area contributed by atoms with Crippen LogP contribution in [0.2, 0.25) is 0 Å². The summed E-state index contributed by atoms with van der Waals surface area (Å²) in [4.78, 5) is 0. The lowest BCUT2D eigenvalue weighted by Gasteiger charge is -2.20. The molecule has 8 heteroatoms. The first kappa shape index (κ1) is 24.7. The molecule has 0 bridgehead atoms. The van der Waals surface area contributed by atoms with E-state index in [2.05, 4.69) is 15.9 Å². The number of aliphatic hydroxyl groups excluding tert-OH is 2. The lowest BCUT2D eigenvalue weighted by atomic mass is 9.92. The average molecular weight is 523 g/mol. The number of methoxy groups -OCH3 is 1. The maximum absolute atomic E-state index is 12.5. The maximum Gasteiger partial charge on any atom is 0.163 e. The lowest BCUT2D eigenvalue weighted by molar-refractivity contribution is 0.184. The Hall–Kier alpha value is -1.97. The molecule has 2 atom stereocenters.